The Morgan fingerprint density at radius 1 is 1.33 bits per heavy atom. The molecule has 1 saturated heterocycles. The summed E-state index contributed by atoms with van der Waals surface area (Å²) in [4.78, 5) is 4.73. The summed E-state index contributed by atoms with van der Waals surface area (Å²) in [5.74, 6) is -0.177. The Balaban J connectivity index is 2.14. The summed E-state index contributed by atoms with van der Waals surface area (Å²) in [6.45, 7) is 4.15. The molecule has 1 fully saturated rings. The number of benzene rings is 1. The zero-order valence-corrected chi connectivity index (χ0v) is 13.4. The highest BCUT2D eigenvalue weighted by atomic mass is 19.1. The molecular formula is C17H28FN3. The molecule has 2 rings (SSSR count). The lowest BCUT2D eigenvalue weighted by atomic mass is 9.93. The zero-order valence-electron chi connectivity index (χ0n) is 13.4. The summed E-state index contributed by atoms with van der Waals surface area (Å²) < 4.78 is 13.6. The number of likely N-dealkylation sites (tertiary alicyclic amines) is 1. The molecule has 2 atom stereocenters. The number of nitrogens with two attached hydrogens (primary N) is 1. The van der Waals surface area contributed by atoms with E-state index in [2.05, 4.69) is 30.8 Å². The van der Waals surface area contributed by atoms with E-state index in [1.54, 1.807) is 12.1 Å². The molecule has 1 aromatic rings. The van der Waals surface area contributed by atoms with Gasteiger partial charge in [-0.1, -0.05) is 19.1 Å². The third kappa shape index (κ3) is 4.02. The number of hydrogen-bond acceptors (Lipinski definition) is 3. The first-order valence-electron chi connectivity index (χ1n) is 7.94. The minimum absolute atomic E-state index is 0.0442. The van der Waals surface area contributed by atoms with Gasteiger partial charge in [0.25, 0.3) is 0 Å². The fourth-order valence-electron chi connectivity index (χ4n) is 3.32. The number of hydrogen-bond donors (Lipinski definition) is 1. The van der Waals surface area contributed by atoms with Crippen molar-refractivity contribution in [3.05, 3.63) is 35.6 Å². The van der Waals surface area contributed by atoms with Gasteiger partial charge in [0.2, 0.25) is 0 Å². The molecule has 21 heavy (non-hydrogen) atoms. The standard InChI is InChI=1S/C17H28FN3/c1-4-16(19)17(13-6-5-7-14(18)12-13)21-10-8-15(9-11-21)20(2)3/h5-7,12,15-17H,4,8-11,19H2,1-3H3. The number of nitrogens with zero attached hydrogens (tertiary/aromatic N) is 2. The first kappa shape index (κ1) is 16.4. The van der Waals surface area contributed by atoms with E-state index >= 15 is 0 Å². The molecule has 1 aromatic carbocycles. The van der Waals surface area contributed by atoms with E-state index in [-0.39, 0.29) is 17.9 Å². The lowest BCUT2D eigenvalue weighted by Crippen LogP contribution is -2.48. The molecule has 1 heterocycles. The highest BCUT2D eigenvalue weighted by Crippen LogP contribution is 2.29. The first-order chi connectivity index (χ1) is 10.0. The highest BCUT2D eigenvalue weighted by Gasteiger charge is 2.30. The average molecular weight is 293 g/mol. The van der Waals surface area contributed by atoms with E-state index in [1.165, 1.54) is 6.07 Å². The van der Waals surface area contributed by atoms with Crippen LogP contribution >= 0.6 is 0 Å². The van der Waals surface area contributed by atoms with Crippen molar-refractivity contribution in [2.45, 2.75) is 44.3 Å². The third-order valence-corrected chi connectivity index (χ3v) is 4.69. The van der Waals surface area contributed by atoms with E-state index in [9.17, 15) is 4.39 Å². The van der Waals surface area contributed by atoms with Gasteiger partial charge >= 0.3 is 0 Å². The maximum Gasteiger partial charge on any atom is 0.123 e. The summed E-state index contributed by atoms with van der Waals surface area (Å²) in [6, 6.07) is 7.73. The summed E-state index contributed by atoms with van der Waals surface area (Å²) >= 11 is 0. The van der Waals surface area contributed by atoms with Gasteiger partial charge in [-0.25, -0.2) is 4.39 Å². The molecule has 0 amide bonds. The molecule has 118 valence electrons. The van der Waals surface area contributed by atoms with Crippen molar-refractivity contribution in [1.29, 1.82) is 0 Å². The highest BCUT2D eigenvalue weighted by molar-refractivity contribution is 5.22. The lowest BCUT2D eigenvalue weighted by Gasteiger charge is -2.41. The molecule has 0 radical (unpaired) electrons. The van der Waals surface area contributed by atoms with Crippen molar-refractivity contribution < 1.29 is 4.39 Å². The van der Waals surface area contributed by atoms with Crippen LogP contribution in [-0.2, 0) is 0 Å². The second-order valence-electron chi connectivity index (χ2n) is 6.30. The van der Waals surface area contributed by atoms with Gasteiger partial charge in [-0.15, -0.1) is 0 Å². The van der Waals surface area contributed by atoms with Crippen molar-refractivity contribution in [2.75, 3.05) is 27.2 Å². The maximum absolute atomic E-state index is 13.6. The first-order valence-corrected chi connectivity index (χ1v) is 7.94. The van der Waals surface area contributed by atoms with Crippen molar-refractivity contribution in [3.8, 4) is 0 Å². The molecule has 0 saturated carbocycles. The van der Waals surface area contributed by atoms with Gasteiger partial charge in [-0.05, 0) is 51.1 Å². The van der Waals surface area contributed by atoms with Gasteiger partial charge < -0.3 is 10.6 Å². The second-order valence-corrected chi connectivity index (χ2v) is 6.30. The van der Waals surface area contributed by atoms with Crippen molar-refractivity contribution in [2.24, 2.45) is 5.73 Å². The number of rotatable bonds is 5. The van der Waals surface area contributed by atoms with Crippen LogP contribution in [0.25, 0.3) is 0 Å². The quantitative estimate of drug-likeness (QED) is 0.906. The molecule has 0 bridgehead atoms. The second kappa shape index (κ2) is 7.34. The van der Waals surface area contributed by atoms with Gasteiger partial charge in [0.05, 0.1) is 0 Å². The summed E-state index contributed by atoms with van der Waals surface area (Å²) in [7, 11) is 4.28. The molecule has 0 aromatic heterocycles. The predicted octanol–water partition coefficient (Wildman–Crippen LogP) is 2.63. The maximum atomic E-state index is 13.6. The fraction of sp³-hybridized carbons (Fsp3) is 0.647. The van der Waals surface area contributed by atoms with Crippen molar-refractivity contribution >= 4 is 0 Å². The molecule has 0 spiro atoms. The Morgan fingerprint density at radius 3 is 2.52 bits per heavy atom. The predicted molar refractivity (Wildman–Crippen MR) is 85.7 cm³/mol. The van der Waals surface area contributed by atoms with Crippen LogP contribution in [0.1, 0.15) is 37.8 Å². The van der Waals surface area contributed by atoms with Crippen LogP contribution in [0.5, 0.6) is 0 Å². The van der Waals surface area contributed by atoms with E-state index < -0.39 is 0 Å². The van der Waals surface area contributed by atoms with Crippen LogP contribution < -0.4 is 5.73 Å². The fourth-order valence-corrected chi connectivity index (χ4v) is 3.32. The zero-order chi connectivity index (χ0) is 15.4. The molecule has 1 aliphatic rings. The monoisotopic (exact) mass is 293 g/mol. The summed E-state index contributed by atoms with van der Waals surface area (Å²) in [5.41, 5.74) is 7.36. The van der Waals surface area contributed by atoms with Crippen LogP contribution in [0.15, 0.2) is 24.3 Å². The van der Waals surface area contributed by atoms with Gasteiger partial charge in [0.1, 0.15) is 5.82 Å². The van der Waals surface area contributed by atoms with Crippen LogP contribution in [-0.4, -0.2) is 49.1 Å². The van der Waals surface area contributed by atoms with Crippen molar-refractivity contribution in [3.63, 3.8) is 0 Å². The lowest BCUT2D eigenvalue weighted by molar-refractivity contribution is 0.0947. The Hall–Kier alpha value is -0.970. The minimum Gasteiger partial charge on any atom is -0.326 e. The molecule has 3 nitrogen and oxygen atoms in total. The van der Waals surface area contributed by atoms with E-state index in [1.807, 2.05) is 6.07 Å². The van der Waals surface area contributed by atoms with Crippen LogP contribution in [0.4, 0.5) is 4.39 Å². The van der Waals surface area contributed by atoms with Crippen molar-refractivity contribution in [1.82, 2.24) is 9.80 Å². The SMILES string of the molecule is CCC(N)C(c1cccc(F)c1)N1CCC(N(C)C)CC1. The molecule has 2 unspecified atom stereocenters. The average Bonchev–Trinajstić information content (AvgIpc) is 2.48. The van der Waals surface area contributed by atoms with Gasteiger partial charge in [-0.2, -0.15) is 0 Å². The largest absolute Gasteiger partial charge is 0.326 e. The number of halogens is 1. The molecular weight excluding hydrogens is 265 g/mol. The molecule has 4 heteroatoms. The summed E-state index contributed by atoms with van der Waals surface area (Å²) in [6.07, 6.45) is 3.19. The third-order valence-electron chi connectivity index (χ3n) is 4.69. The van der Waals surface area contributed by atoms with Gasteiger partial charge in [0, 0.05) is 31.2 Å². The topological polar surface area (TPSA) is 32.5 Å². The Morgan fingerprint density at radius 2 is 2.00 bits per heavy atom. The van der Waals surface area contributed by atoms with E-state index in [0.717, 1.165) is 37.9 Å². The van der Waals surface area contributed by atoms with E-state index in [0.29, 0.717) is 6.04 Å². The smallest absolute Gasteiger partial charge is 0.123 e. The molecule has 2 N–H and O–H groups in total. The van der Waals surface area contributed by atoms with Crippen LogP contribution in [0.2, 0.25) is 0 Å². The summed E-state index contributed by atoms with van der Waals surface area (Å²) in [5, 5.41) is 0. The van der Waals surface area contributed by atoms with Crippen LogP contribution in [0, 0.1) is 5.82 Å². The number of piperidine rings is 1. The van der Waals surface area contributed by atoms with Gasteiger partial charge in [0.15, 0.2) is 0 Å². The normalized spacial score (nSPS) is 20.7. The van der Waals surface area contributed by atoms with E-state index in [4.69, 9.17) is 5.73 Å². The minimum atomic E-state index is -0.177. The van der Waals surface area contributed by atoms with Crippen LogP contribution in [0.3, 0.4) is 0 Å². The Kier molecular flexibility index (Phi) is 5.73. The molecule has 0 aliphatic carbocycles. The Bertz CT molecular complexity index is 441. The molecule has 1 aliphatic heterocycles. The van der Waals surface area contributed by atoms with Gasteiger partial charge in [-0.3, -0.25) is 4.90 Å². The Labute approximate surface area is 127 Å².